The fourth-order valence-electron chi connectivity index (χ4n) is 4.93. The maximum absolute atomic E-state index is 5.61. The fraction of sp³-hybridized carbons (Fsp3) is 0.478. The molecule has 28 heavy (non-hydrogen) atoms. The van der Waals surface area contributed by atoms with Crippen molar-refractivity contribution in [2.24, 2.45) is 0 Å². The number of nitrogens with zero attached hydrogens (tertiary/aromatic N) is 1. The summed E-state index contributed by atoms with van der Waals surface area (Å²) >= 11 is 0. The minimum atomic E-state index is 0.333. The fourth-order valence-corrected chi connectivity index (χ4v) is 4.93. The van der Waals surface area contributed by atoms with Crippen molar-refractivity contribution in [1.29, 1.82) is 0 Å². The third-order valence-electron chi connectivity index (χ3n) is 6.27. The van der Waals surface area contributed by atoms with Crippen LogP contribution in [0.5, 0.6) is 23.0 Å². The Labute approximate surface area is 167 Å². The van der Waals surface area contributed by atoms with E-state index in [2.05, 4.69) is 36.1 Å². The van der Waals surface area contributed by atoms with E-state index in [0.717, 1.165) is 48.9 Å². The summed E-state index contributed by atoms with van der Waals surface area (Å²) in [7, 11) is 6.80. The van der Waals surface area contributed by atoms with Gasteiger partial charge in [-0.15, -0.1) is 0 Å². The van der Waals surface area contributed by atoms with Crippen LogP contribution in [0.1, 0.15) is 47.6 Å². The number of hydrogen-bond acceptors (Lipinski definition) is 5. The number of fused-ring (bicyclic) bond motifs is 4. The van der Waals surface area contributed by atoms with Crippen molar-refractivity contribution in [3.63, 3.8) is 0 Å². The van der Waals surface area contributed by atoms with Crippen molar-refractivity contribution in [3.8, 4) is 23.0 Å². The maximum Gasteiger partial charge on any atom is 0.161 e. The Morgan fingerprint density at radius 3 is 1.89 bits per heavy atom. The van der Waals surface area contributed by atoms with E-state index in [-0.39, 0.29) is 0 Å². The van der Waals surface area contributed by atoms with Gasteiger partial charge in [0.15, 0.2) is 23.0 Å². The smallest absolute Gasteiger partial charge is 0.161 e. The van der Waals surface area contributed by atoms with Gasteiger partial charge in [-0.1, -0.05) is 6.92 Å². The molecule has 4 rings (SSSR count). The second-order valence-corrected chi connectivity index (χ2v) is 7.49. The molecule has 0 fully saturated rings. The second-order valence-electron chi connectivity index (χ2n) is 7.49. The predicted molar refractivity (Wildman–Crippen MR) is 109 cm³/mol. The van der Waals surface area contributed by atoms with Crippen molar-refractivity contribution >= 4 is 0 Å². The topological polar surface area (TPSA) is 40.2 Å². The first-order chi connectivity index (χ1) is 13.6. The Balaban J connectivity index is 1.84. The highest BCUT2D eigenvalue weighted by molar-refractivity contribution is 5.54. The van der Waals surface area contributed by atoms with Gasteiger partial charge in [-0.25, -0.2) is 0 Å². The monoisotopic (exact) mass is 383 g/mol. The van der Waals surface area contributed by atoms with Crippen molar-refractivity contribution < 1.29 is 18.9 Å². The summed E-state index contributed by atoms with van der Waals surface area (Å²) in [5, 5.41) is 0. The highest BCUT2D eigenvalue weighted by Gasteiger charge is 2.39. The summed E-state index contributed by atoms with van der Waals surface area (Å²) < 4.78 is 22.3. The summed E-state index contributed by atoms with van der Waals surface area (Å²) in [6.07, 6.45) is 2.07. The molecule has 0 saturated carbocycles. The van der Waals surface area contributed by atoms with Crippen LogP contribution in [-0.4, -0.2) is 39.9 Å². The zero-order valence-corrected chi connectivity index (χ0v) is 17.4. The first-order valence-corrected chi connectivity index (χ1v) is 9.88. The van der Waals surface area contributed by atoms with Crippen LogP contribution >= 0.6 is 0 Å². The number of rotatable bonds is 5. The Bertz CT molecular complexity index is 879. The normalized spacial score (nSPS) is 20.6. The molecular formula is C23H29NO4. The molecule has 2 aromatic carbocycles. The Kier molecular flexibility index (Phi) is 5.11. The zero-order chi connectivity index (χ0) is 19.8. The molecule has 0 unspecified atom stereocenters. The molecule has 2 aliphatic heterocycles. The largest absolute Gasteiger partial charge is 0.493 e. The van der Waals surface area contributed by atoms with Crippen LogP contribution in [0.4, 0.5) is 0 Å². The molecule has 2 atom stereocenters. The quantitative estimate of drug-likeness (QED) is 0.769. The van der Waals surface area contributed by atoms with Gasteiger partial charge in [0.25, 0.3) is 0 Å². The Hall–Kier alpha value is -2.40. The van der Waals surface area contributed by atoms with E-state index >= 15 is 0 Å². The number of hydrogen-bond donors (Lipinski definition) is 0. The molecule has 150 valence electrons. The molecule has 0 saturated heterocycles. The van der Waals surface area contributed by atoms with E-state index in [0.29, 0.717) is 12.0 Å². The lowest BCUT2D eigenvalue weighted by Gasteiger charge is -2.46. The standard InChI is InChI=1S/C23H29NO4/c1-6-16-17-11-21(27-4)20(26-3)10-15(17)13-24-8-7-14-9-19(25-2)22(28-5)12-18(14)23(16)24/h9-12,16,23H,6-8,13H2,1-5H3/t16-,23+/m0/s1. The average Bonchev–Trinajstić information content (AvgIpc) is 2.75. The van der Waals surface area contributed by atoms with Crippen molar-refractivity contribution in [1.82, 2.24) is 4.90 Å². The number of ether oxygens (including phenoxy) is 4. The minimum absolute atomic E-state index is 0.333. The molecule has 5 nitrogen and oxygen atoms in total. The Morgan fingerprint density at radius 2 is 1.32 bits per heavy atom. The lowest BCUT2D eigenvalue weighted by molar-refractivity contribution is 0.130. The van der Waals surface area contributed by atoms with Gasteiger partial charge in [-0.05, 0) is 59.4 Å². The van der Waals surface area contributed by atoms with Crippen molar-refractivity contribution in [3.05, 3.63) is 46.5 Å². The van der Waals surface area contributed by atoms with Gasteiger partial charge in [0.1, 0.15) is 0 Å². The SMILES string of the molecule is CC[C@H]1c2cc(OC)c(OC)cc2CN2CCc3cc(OC)c(OC)cc3[C@@H]12. The van der Waals surface area contributed by atoms with Crippen LogP contribution in [0.2, 0.25) is 0 Å². The highest BCUT2D eigenvalue weighted by atomic mass is 16.5. The first kappa shape index (κ1) is 18.9. The lowest BCUT2D eigenvalue weighted by atomic mass is 9.75. The average molecular weight is 383 g/mol. The molecule has 0 N–H and O–H groups in total. The third-order valence-corrected chi connectivity index (χ3v) is 6.27. The second kappa shape index (κ2) is 7.55. The van der Waals surface area contributed by atoms with Crippen molar-refractivity contribution in [2.75, 3.05) is 35.0 Å². The van der Waals surface area contributed by atoms with E-state index in [1.54, 1.807) is 28.4 Å². The molecule has 0 aliphatic carbocycles. The van der Waals surface area contributed by atoms with Crippen molar-refractivity contribution in [2.45, 2.75) is 38.3 Å². The first-order valence-electron chi connectivity index (χ1n) is 9.88. The molecule has 0 spiro atoms. The van der Waals surface area contributed by atoms with E-state index in [1.807, 2.05) is 0 Å². The van der Waals surface area contributed by atoms with Crippen LogP contribution in [0, 0.1) is 0 Å². The molecule has 0 bridgehead atoms. The zero-order valence-electron chi connectivity index (χ0n) is 17.4. The molecule has 0 amide bonds. The third kappa shape index (κ3) is 2.89. The molecule has 0 radical (unpaired) electrons. The van der Waals surface area contributed by atoms with Gasteiger partial charge in [0.05, 0.1) is 28.4 Å². The molecule has 5 heteroatoms. The molecule has 0 aromatic heterocycles. The highest BCUT2D eigenvalue weighted by Crippen LogP contribution is 2.51. The van der Waals surface area contributed by atoms with Crippen LogP contribution < -0.4 is 18.9 Å². The van der Waals surface area contributed by atoms with Gasteiger partial charge in [-0.3, -0.25) is 4.90 Å². The summed E-state index contributed by atoms with van der Waals surface area (Å²) in [6, 6.07) is 8.99. The summed E-state index contributed by atoms with van der Waals surface area (Å²) in [6.45, 7) is 4.23. The minimum Gasteiger partial charge on any atom is -0.493 e. The molecule has 2 heterocycles. The van der Waals surface area contributed by atoms with Gasteiger partial charge in [-0.2, -0.15) is 0 Å². The summed E-state index contributed by atoms with van der Waals surface area (Å²) in [5.74, 6) is 3.61. The molecule has 2 aromatic rings. The predicted octanol–water partition coefficient (Wildman–Crippen LogP) is 4.33. The lowest BCUT2D eigenvalue weighted by Crippen LogP contribution is -2.41. The van der Waals surface area contributed by atoms with E-state index < -0.39 is 0 Å². The molecular weight excluding hydrogens is 354 g/mol. The van der Waals surface area contributed by atoms with Gasteiger partial charge in [0.2, 0.25) is 0 Å². The molecule has 2 aliphatic rings. The van der Waals surface area contributed by atoms with E-state index in [4.69, 9.17) is 18.9 Å². The van der Waals surface area contributed by atoms with Gasteiger partial charge >= 0.3 is 0 Å². The number of methoxy groups -OCH3 is 4. The van der Waals surface area contributed by atoms with Crippen LogP contribution in [0.15, 0.2) is 24.3 Å². The maximum atomic E-state index is 5.61. The Morgan fingerprint density at radius 1 is 0.786 bits per heavy atom. The number of benzene rings is 2. The van der Waals surface area contributed by atoms with E-state index in [9.17, 15) is 0 Å². The van der Waals surface area contributed by atoms with Crippen LogP contribution in [-0.2, 0) is 13.0 Å². The summed E-state index contributed by atoms with van der Waals surface area (Å²) in [4.78, 5) is 2.59. The van der Waals surface area contributed by atoms with Gasteiger partial charge in [0, 0.05) is 25.0 Å². The summed E-state index contributed by atoms with van der Waals surface area (Å²) in [5.41, 5.74) is 5.42. The van der Waals surface area contributed by atoms with E-state index in [1.165, 1.54) is 22.3 Å². The van der Waals surface area contributed by atoms with Crippen LogP contribution in [0.3, 0.4) is 0 Å². The van der Waals surface area contributed by atoms with Crippen LogP contribution in [0.25, 0.3) is 0 Å². The van der Waals surface area contributed by atoms with Gasteiger partial charge < -0.3 is 18.9 Å².